The molecule has 0 aliphatic carbocycles. The van der Waals surface area contributed by atoms with Gasteiger partial charge in [0.15, 0.2) is 5.81 Å². The number of carbonyl (C=O) groups excluding carboxylic acids is 1. The summed E-state index contributed by atoms with van der Waals surface area (Å²) in [7, 11) is 1.60. The zero-order valence-electron chi connectivity index (χ0n) is 14.1. The molecule has 1 amide bonds. The van der Waals surface area contributed by atoms with Gasteiger partial charge in [0, 0.05) is 38.8 Å². The lowest BCUT2D eigenvalue weighted by atomic mass is 10.1. The van der Waals surface area contributed by atoms with Gasteiger partial charge in [0.25, 0.3) is 0 Å². The highest BCUT2D eigenvalue weighted by Crippen LogP contribution is 2.25. The first kappa shape index (κ1) is 17.2. The van der Waals surface area contributed by atoms with E-state index in [0.717, 1.165) is 47.2 Å². The molecule has 0 unspecified atom stereocenters. The molecule has 1 aromatic carbocycles. The smallest absolute Gasteiger partial charge is 0.215 e. The summed E-state index contributed by atoms with van der Waals surface area (Å²) >= 11 is 1.66. The molecule has 2 aromatic rings. The third-order valence-corrected chi connectivity index (χ3v) is 5.15. The third-order valence-electron chi connectivity index (χ3n) is 4.19. The Kier molecular flexibility index (Phi) is 5.38. The second-order valence-electron chi connectivity index (χ2n) is 6.13. The Balaban J connectivity index is 1.46. The molecule has 2 heterocycles. The van der Waals surface area contributed by atoms with Gasteiger partial charge < -0.3 is 14.7 Å². The van der Waals surface area contributed by atoms with Crippen LogP contribution in [0.5, 0.6) is 5.75 Å². The molecule has 1 atom stereocenters. The van der Waals surface area contributed by atoms with Crippen molar-refractivity contribution in [3.8, 4) is 5.75 Å². The normalized spacial score (nSPS) is 17.2. The van der Waals surface area contributed by atoms with Crippen molar-refractivity contribution in [2.24, 2.45) is 0 Å². The van der Waals surface area contributed by atoms with Crippen LogP contribution in [0.1, 0.15) is 5.01 Å². The second kappa shape index (κ2) is 7.50. The molecule has 128 valence electrons. The van der Waals surface area contributed by atoms with Crippen LogP contribution in [0.4, 0.5) is 4.79 Å². The number of thiazole rings is 1. The van der Waals surface area contributed by atoms with Crippen molar-refractivity contribution in [2.45, 2.75) is 13.0 Å². The summed E-state index contributed by atoms with van der Waals surface area (Å²) < 4.78 is 6.85. The van der Waals surface area contributed by atoms with E-state index in [-0.39, 0.29) is 12.4 Å². The number of aliphatic hydroxyl groups excluding tert-OH is 1. The van der Waals surface area contributed by atoms with Crippen LogP contribution in [0.25, 0.3) is 10.2 Å². The molecule has 0 bridgehead atoms. The highest BCUT2D eigenvalue weighted by Gasteiger charge is 2.20. The van der Waals surface area contributed by atoms with Gasteiger partial charge in [-0.15, -0.1) is 11.3 Å². The van der Waals surface area contributed by atoms with E-state index in [4.69, 9.17) is 4.74 Å². The molecule has 8 heteroatoms. The summed E-state index contributed by atoms with van der Waals surface area (Å²) in [4.78, 5) is 19.8. The van der Waals surface area contributed by atoms with E-state index >= 15 is 0 Å². The number of piperazine rings is 1. The fraction of sp³-hybridized carbons (Fsp3) is 0.500. The number of aryl methyl sites for hydroxylation is 1. The van der Waals surface area contributed by atoms with Crippen molar-refractivity contribution in [2.75, 3.05) is 39.3 Å². The van der Waals surface area contributed by atoms with Crippen LogP contribution in [0, 0.1) is 6.92 Å². The maximum absolute atomic E-state index is 11.3. The monoisotopic (exact) mass is 347 g/mol. The Bertz CT molecular complexity index is 716. The average molecular weight is 347 g/mol. The van der Waals surface area contributed by atoms with Crippen molar-refractivity contribution in [1.29, 1.82) is 0 Å². The fourth-order valence-corrected chi connectivity index (χ4v) is 3.71. The van der Waals surface area contributed by atoms with Crippen LogP contribution >= 0.6 is 11.3 Å². The predicted molar refractivity (Wildman–Crippen MR) is 97.8 cm³/mol. The lowest BCUT2D eigenvalue weighted by Crippen LogP contribution is -2.50. The molecule has 24 heavy (non-hydrogen) atoms. The molecular weight excluding hydrogens is 325 g/mol. The number of benzene rings is 1. The number of hydrogen-bond donors (Lipinski definition) is 1. The van der Waals surface area contributed by atoms with Crippen LogP contribution < -0.4 is 4.74 Å². The van der Waals surface area contributed by atoms with Crippen molar-refractivity contribution in [3.05, 3.63) is 23.2 Å². The number of β-amino-alcohol motifs (C(OH)–C–C–N with tert-alkyl or cyclic N) is 1. The quantitative estimate of drug-likeness (QED) is 0.808. The lowest BCUT2D eigenvalue weighted by molar-refractivity contribution is 0.0533. The number of hydrogen-bond acceptors (Lipinski definition) is 6. The summed E-state index contributed by atoms with van der Waals surface area (Å²) in [6, 6.07) is 5.83. The molecule has 1 N–H and O–H groups in total. The number of fused-ring (bicyclic) bond motifs is 1. The first-order chi connectivity index (χ1) is 11.5. The SMILES string of the molecule is BC(=O)N1CCN(C[C@@H](O)COc2ccc3sc(C)nc3c2)CC1. The molecule has 0 radical (unpaired) electrons. The van der Waals surface area contributed by atoms with Gasteiger partial charge in [-0.05, 0) is 19.1 Å². The number of amides is 1. The summed E-state index contributed by atoms with van der Waals surface area (Å²) in [5.41, 5.74) is 0.935. The van der Waals surface area contributed by atoms with Gasteiger partial charge in [0.05, 0.1) is 15.2 Å². The standard InChI is InChI=1S/C16H22BN3O3S/c1-11-18-14-8-13(2-3-15(14)24-11)23-10-12(21)9-19-4-6-20(7-5-19)16(17)22/h2-3,8,12,21H,4-7,9-10,17H2,1H3/t12-/m1/s1. The zero-order chi connectivity index (χ0) is 17.1. The van der Waals surface area contributed by atoms with Gasteiger partial charge in [0.1, 0.15) is 18.5 Å². The number of rotatable bonds is 5. The number of ether oxygens (including phenoxy) is 1. The number of aliphatic hydroxyl groups is 1. The van der Waals surface area contributed by atoms with Gasteiger partial charge in [-0.1, -0.05) is 0 Å². The van der Waals surface area contributed by atoms with E-state index < -0.39 is 6.10 Å². The van der Waals surface area contributed by atoms with E-state index in [1.807, 2.05) is 30.0 Å². The van der Waals surface area contributed by atoms with Crippen LogP contribution in [0.2, 0.25) is 0 Å². The zero-order valence-corrected chi connectivity index (χ0v) is 14.9. The largest absolute Gasteiger partial charge is 0.491 e. The third kappa shape index (κ3) is 4.26. The maximum atomic E-state index is 11.3. The molecule has 1 aliphatic rings. The van der Waals surface area contributed by atoms with Crippen LogP contribution in [-0.2, 0) is 0 Å². The average Bonchev–Trinajstić information content (AvgIpc) is 2.92. The van der Waals surface area contributed by atoms with Crippen LogP contribution in [0.15, 0.2) is 18.2 Å². The van der Waals surface area contributed by atoms with Gasteiger partial charge in [-0.25, -0.2) is 4.98 Å². The highest BCUT2D eigenvalue weighted by atomic mass is 32.1. The molecule has 3 rings (SSSR count). The topological polar surface area (TPSA) is 65.9 Å². The fourth-order valence-electron chi connectivity index (χ4n) is 2.90. The van der Waals surface area contributed by atoms with Crippen molar-refractivity contribution in [1.82, 2.24) is 14.8 Å². The summed E-state index contributed by atoms with van der Waals surface area (Å²) in [6.45, 7) is 5.83. The number of aromatic nitrogens is 1. The molecule has 0 spiro atoms. The van der Waals surface area contributed by atoms with E-state index in [1.165, 1.54) is 0 Å². The first-order valence-corrected chi connectivity index (χ1v) is 8.99. The minimum atomic E-state index is -0.554. The van der Waals surface area contributed by atoms with Crippen LogP contribution in [0.3, 0.4) is 0 Å². The van der Waals surface area contributed by atoms with E-state index in [9.17, 15) is 9.90 Å². The van der Waals surface area contributed by atoms with Crippen molar-refractivity contribution < 1.29 is 14.6 Å². The minimum Gasteiger partial charge on any atom is -0.491 e. The predicted octanol–water partition coefficient (Wildman–Crippen LogP) is 0.715. The second-order valence-corrected chi connectivity index (χ2v) is 7.37. The summed E-state index contributed by atoms with van der Waals surface area (Å²) in [5, 5.41) is 11.2. The van der Waals surface area contributed by atoms with E-state index in [2.05, 4.69) is 9.88 Å². The molecule has 6 nitrogen and oxygen atoms in total. The first-order valence-electron chi connectivity index (χ1n) is 8.17. The Morgan fingerprint density at radius 1 is 1.42 bits per heavy atom. The Morgan fingerprint density at radius 2 is 2.17 bits per heavy atom. The lowest BCUT2D eigenvalue weighted by Gasteiger charge is -2.35. The van der Waals surface area contributed by atoms with Crippen LogP contribution in [-0.4, -0.2) is 79.0 Å². The number of carbonyl (C=O) groups is 1. The molecule has 1 saturated heterocycles. The number of nitrogens with zero attached hydrogens (tertiary/aromatic N) is 3. The Hall–Kier alpha value is -1.64. The van der Waals surface area contributed by atoms with E-state index in [1.54, 1.807) is 19.2 Å². The molecule has 1 aliphatic heterocycles. The van der Waals surface area contributed by atoms with Gasteiger partial charge >= 0.3 is 0 Å². The molecule has 0 saturated carbocycles. The maximum Gasteiger partial charge on any atom is 0.215 e. The highest BCUT2D eigenvalue weighted by molar-refractivity contribution is 7.18. The molecule has 1 fully saturated rings. The minimum absolute atomic E-state index is 0.117. The summed E-state index contributed by atoms with van der Waals surface area (Å²) in [5.74, 6) is 0.847. The summed E-state index contributed by atoms with van der Waals surface area (Å²) in [6.07, 6.45) is -0.554. The van der Waals surface area contributed by atoms with Crippen molar-refractivity contribution >= 4 is 35.2 Å². The molecule has 1 aromatic heterocycles. The van der Waals surface area contributed by atoms with Gasteiger partial charge in [-0.2, -0.15) is 0 Å². The van der Waals surface area contributed by atoms with E-state index in [0.29, 0.717) is 6.54 Å². The molecular formula is C16H22BN3O3S. The van der Waals surface area contributed by atoms with Gasteiger partial charge in [-0.3, -0.25) is 9.69 Å². The van der Waals surface area contributed by atoms with Gasteiger partial charge in [0.2, 0.25) is 7.85 Å². The Morgan fingerprint density at radius 3 is 2.88 bits per heavy atom. The Labute approximate surface area is 146 Å². The van der Waals surface area contributed by atoms with Crippen molar-refractivity contribution in [3.63, 3.8) is 0 Å².